The summed E-state index contributed by atoms with van der Waals surface area (Å²) in [5, 5.41) is 10.8. The molecule has 0 bridgehead atoms. The van der Waals surface area contributed by atoms with Gasteiger partial charge in [-0.2, -0.15) is 9.37 Å². The molecule has 0 aliphatic carbocycles. The number of rotatable bonds is 0. The molecule has 2 atom stereocenters. The Morgan fingerprint density at radius 3 is 2.95 bits per heavy atom. The van der Waals surface area contributed by atoms with Gasteiger partial charge in [0.1, 0.15) is 5.82 Å². The van der Waals surface area contributed by atoms with Crippen LogP contribution in [0.15, 0.2) is 6.07 Å². The highest BCUT2D eigenvalue weighted by Gasteiger charge is 2.33. The molecule has 0 saturated carbocycles. The van der Waals surface area contributed by atoms with Crippen LogP contribution in [0.2, 0.25) is 0 Å². The normalized spacial score (nSPS) is 24.8. The molecule has 2 aliphatic heterocycles. The fraction of sp³-hybridized carbons (Fsp3) is 0.533. The van der Waals surface area contributed by atoms with Gasteiger partial charge in [-0.05, 0) is 38.7 Å². The molecule has 2 aromatic heterocycles. The molecule has 0 amide bonds. The van der Waals surface area contributed by atoms with E-state index in [2.05, 4.69) is 19.9 Å². The van der Waals surface area contributed by atoms with Gasteiger partial charge in [0.2, 0.25) is 0 Å². The first-order valence-electron chi connectivity index (χ1n) is 7.40. The second-order valence-corrected chi connectivity index (χ2v) is 6.00. The smallest absolute Gasteiger partial charge is 0.311 e. The van der Waals surface area contributed by atoms with E-state index in [1.807, 2.05) is 6.92 Å². The largest absolute Gasteiger partial charge is 0.391 e. The van der Waals surface area contributed by atoms with Crippen molar-refractivity contribution in [1.82, 2.24) is 15.0 Å². The minimum Gasteiger partial charge on any atom is -0.391 e. The molecule has 21 heavy (non-hydrogen) atoms. The van der Waals surface area contributed by atoms with E-state index in [0.29, 0.717) is 23.9 Å². The fourth-order valence-electron chi connectivity index (χ4n) is 3.58. The van der Waals surface area contributed by atoms with Crippen molar-refractivity contribution < 1.29 is 9.50 Å². The van der Waals surface area contributed by atoms with Gasteiger partial charge in [0.05, 0.1) is 22.7 Å². The van der Waals surface area contributed by atoms with Crippen molar-refractivity contribution in [2.75, 3.05) is 11.4 Å². The number of anilines is 1. The molecule has 0 radical (unpaired) electrons. The molecule has 2 aromatic rings. The molecule has 4 heterocycles. The summed E-state index contributed by atoms with van der Waals surface area (Å²) >= 11 is 0. The Labute approximate surface area is 121 Å². The van der Waals surface area contributed by atoms with Crippen molar-refractivity contribution >= 4 is 16.7 Å². The van der Waals surface area contributed by atoms with Crippen LogP contribution < -0.4 is 4.90 Å². The van der Waals surface area contributed by atoms with E-state index in [4.69, 9.17) is 0 Å². The lowest BCUT2D eigenvalue weighted by atomic mass is 9.97. The van der Waals surface area contributed by atoms with Crippen LogP contribution >= 0.6 is 0 Å². The van der Waals surface area contributed by atoms with E-state index < -0.39 is 6.08 Å². The average molecular weight is 288 g/mol. The van der Waals surface area contributed by atoms with E-state index in [0.717, 1.165) is 42.5 Å². The van der Waals surface area contributed by atoms with Crippen LogP contribution in [0.4, 0.5) is 10.2 Å². The van der Waals surface area contributed by atoms with E-state index >= 15 is 0 Å². The molecule has 2 unspecified atom stereocenters. The Bertz CT molecular complexity index is 715. The van der Waals surface area contributed by atoms with Crippen molar-refractivity contribution in [3.05, 3.63) is 23.5 Å². The number of piperidine rings is 1. The Balaban J connectivity index is 1.98. The Kier molecular flexibility index (Phi) is 2.82. The number of nitrogens with zero attached hydrogens (tertiary/aromatic N) is 4. The number of aryl methyl sites for hydroxylation is 2. The molecular formula is C15H17FN4O. The van der Waals surface area contributed by atoms with Crippen LogP contribution in [0, 0.1) is 13.0 Å². The van der Waals surface area contributed by atoms with Crippen molar-refractivity contribution in [1.29, 1.82) is 0 Å². The summed E-state index contributed by atoms with van der Waals surface area (Å²) in [6, 6.07) is 2.09. The summed E-state index contributed by atoms with van der Waals surface area (Å²) in [7, 11) is 0. The van der Waals surface area contributed by atoms with Gasteiger partial charge >= 0.3 is 6.08 Å². The van der Waals surface area contributed by atoms with Gasteiger partial charge in [-0.1, -0.05) is 0 Å². The number of halogens is 1. The van der Waals surface area contributed by atoms with Gasteiger partial charge < -0.3 is 10.0 Å². The lowest BCUT2D eigenvalue weighted by Gasteiger charge is -2.38. The quantitative estimate of drug-likeness (QED) is 0.748. The highest BCUT2D eigenvalue weighted by molar-refractivity contribution is 5.92. The lowest BCUT2D eigenvalue weighted by Crippen LogP contribution is -2.46. The van der Waals surface area contributed by atoms with Crippen LogP contribution in [0.5, 0.6) is 0 Å². The molecular weight excluding hydrogens is 271 g/mol. The standard InChI is InChI=1S/C15H17FN4O/c1-8-6-12-13-11(17-8)5-3-9-2-4-10(21)7-20(9)14(13)19-15(16)18-12/h6,9-10,21H,2-5,7H2,1H3. The third-order valence-corrected chi connectivity index (χ3v) is 4.50. The molecule has 110 valence electrons. The van der Waals surface area contributed by atoms with Crippen LogP contribution in [-0.2, 0) is 6.42 Å². The predicted octanol–water partition coefficient (Wildman–Crippen LogP) is 1.75. The second kappa shape index (κ2) is 4.59. The molecule has 1 fully saturated rings. The van der Waals surface area contributed by atoms with Gasteiger partial charge in [0, 0.05) is 18.3 Å². The second-order valence-electron chi connectivity index (χ2n) is 6.00. The van der Waals surface area contributed by atoms with Crippen LogP contribution in [-0.4, -0.2) is 38.7 Å². The number of aromatic nitrogens is 3. The van der Waals surface area contributed by atoms with E-state index in [1.54, 1.807) is 6.07 Å². The zero-order valence-electron chi connectivity index (χ0n) is 11.9. The Morgan fingerprint density at radius 2 is 2.10 bits per heavy atom. The third kappa shape index (κ3) is 2.05. The van der Waals surface area contributed by atoms with E-state index in [9.17, 15) is 9.50 Å². The molecule has 4 rings (SSSR count). The molecule has 0 aromatic carbocycles. The van der Waals surface area contributed by atoms with Crippen LogP contribution in [0.3, 0.4) is 0 Å². The van der Waals surface area contributed by atoms with Gasteiger partial charge in [-0.15, -0.1) is 0 Å². The first kappa shape index (κ1) is 12.9. The SMILES string of the molecule is Cc1cc2nc(F)nc3c2c(n1)CCC1CCC(O)CN31. The molecule has 1 N–H and O–H groups in total. The number of aliphatic hydroxyl groups is 1. The van der Waals surface area contributed by atoms with Gasteiger partial charge in [0.25, 0.3) is 0 Å². The van der Waals surface area contributed by atoms with Crippen LogP contribution in [0.25, 0.3) is 10.9 Å². The molecule has 6 heteroatoms. The zero-order valence-corrected chi connectivity index (χ0v) is 11.9. The van der Waals surface area contributed by atoms with Crippen molar-refractivity contribution in [2.24, 2.45) is 0 Å². The predicted molar refractivity (Wildman–Crippen MR) is 76.7 cm³/mol. The molecule has 5 nitrogen and oxygen atoms in total. The average Bonchev–Trinajstić information content (AvgIpc) is 2.57. The number of pyridine rings is 1. The number of hydrogen-bond donors (Lipinski definition) is 1. The Morgan fingerprint density at radius 1 is 1.24 bits per heavy atom. The monoisotopic (exact) mass is 288 g/mol. The maximum atomic E-state index is 13.8. The summed E-state index contributed by atoms with van der Waals surface area (Å²) in [4.78, 5) is 14.6. The summed E-state index contributed by atoms with van der Waals surface area (Å²) in [6.07, 6.45) is 2.40. The minimum atomic E-state index is -0.713. The topological polar surface area (TPSA) is 62.1 Å². The van der Waals surface area contributed by atoms with E-state index in [1.165, 1.54) is 0 Å². The molecule has 1 saturated heterocycles. The van der Waals surface area contributed by atoms with Crippen molar-refractivity contribution in [3.8, 4) is 0 Å². The van der Waals surface area contributed by atoms with Crippen molar-refractivity contribution in [3.63, 3.8) is 0 Å². The lowest BCUT2D eigenvalue weighted by molar-refractivity contribution is 0.140. The van der Waals surface area contributed by atoms with Gasteiger partial charge in [0.15, 0.2) is 0 Å². The highest BCUT2D eigenvalue weighted by atomic mass is 19.1. The summed E-state index contributed by atoms with van der Waals surface area (Å²) in [5.41, 5.74) is 2.41. The minimum absolute atomic E-state index is 0.292. The molecule has 0 spiro atoms. The fourth-order valence-corrected chi connectivity index (χ4v) is 3.58. The first-order chi connectivity index (χ1) is 10.1. The maximum Gasteiger partial charge on any atom is 0.311 e. The van der Waals surface area contributed by atoms with Gasteiger partial charge in [-0.3, -0.25) is 4.98 Å². The van der Waals surface area contributed by atoms with Crippen molar-refractivity contribution in [2.45, 2.75) is 44.8 Å². The van der Waals surface area contributed by atoms with Gasteiger partial charge in [-0.25, -0.2) is 4.98 Å². The van der Waals surface area contributed by atoms with Crippen LogP contribution in [0.1, 0.15) is 30.7 Å². The summed E-state index contributed by atoms with van der Waals surface area (Å²) in [6.45, 7) is 2.40. The summed E-state index contributed by atoms with van der Waals surface area (Å²) in [5.74, 6) is 0.598. The number of aliphatic hydroxyl groups excluding tert-OH is 1. The highest BCUT2D eigenvalue weighted by Crippen LogP contribution is 2.36. The third-order valence-electron chi connectivity index (χ3n) is 4.50. The van der Waals surface area contributed by atoms with E-state index in [-0.39, 0.29) is 6.10 Å². The maximum absolute atomic E-state index is 13.8. The number of hydrogen-bond acceptors (Lipinski definition) is 5. The first-order valence-corrected chi connectivity index (χ1v) is 7.40. The summed E-state index contributed by atoms with van der Waals surface area (Å²) < 4.78 is 13.8. The molecule has 2 aliphatic rings. The Hall–Kier alpha value is -1.82. The zero-order chi connectivity index (χ0) is 14.6. The number of fused-ring (bicyclic) bond motifs is 2.